The van der Waals surface area contributed by atoms with Crippen LogP contribution in [0.5, 0.6) is 0 Å². The van der Waals surface area contributed by atoms with Crippen LogP contribution in [-0.4, -0.2) is 26.4 Å². The highest BCUT2D eigenvalue weighted by Gasteiger charge is 2.51. The Morgan fingerprint density at radius 3 is 1.53 bits per heavy atom. The Kier molecular flexibility index (Phi) is 6.97. The van der Waals surface area contributed by atoms with E-state index >= 15 is 0 Å². The molecule has 2 nitrogen and oxygen atoms in total. The van der Waals surface area contributed by atoms with Crippen LogP contribution < -0.4 is 10.6 Å². The van der Waals surface area contributed by atoms with E-state index in [2.05, 4.69) is 121 Å². The van der Waals surface area contributed by atoms with E-state index in [4.69, 9.17) is 9.31 Å². The molecule has 3 aromatic rings. The predicted molar refractivity (Wildman–Crippen MR) is 150 cm³/mol. The summed E-state index contributed by atoms with van der Waals surface area (Å²) in [5.41, 5.74) is 5.32. The Bertz CT molecular complexity index is 1090. The summed E-state index contributed by atoms with van der Waals surface area (Å²) in [6.45, 7) is 15.5. The van der Waals surface area contributed by atoms with Gasteiger partial charge in [0.2, 0.25) is 0 Å². The first-order chi connectivity index (χ1) is 16.1. The fourth-order valence-corrected chi connectivity index (χ4v) is 8.68. The molecule has 0 aliphatic carbocycles. The van der Waals surface area contributed by atoms with Gasteiger partial charge < -0.3 is 9.31 Å². The van der Waals surface area contributed by atoms with Crippen molar-refractivity contribution in [1.29, 1.82) is 0 Å². The second kappa shape index (κ2) is 9.49. The van der Waals surface area contributed by atoms with Gasteiger partial charge in [0.25, 0.3) is 0 Å². The average Bonchev–Trinajstić information content (AvgIpc) is 3.08. The Hall–Kier alpha value is -2.14. The van der Waals surface area contributed by atoms with E-state index in [9.17, 15) is 0 Å². The average molecular weight is 471 g/mol. The summed E-state index contributed by atoms with van der Waals surface area (Å²) in [4.78, 5) is 0. The highest BCUT2D eigenvalue weighted by atomic mass is 28.3. The molecule has 0 radical (unpaired) electrons. The number of hydrogen-bond donors (Lipinski definition) is 0. The molecule has 1 saturated heterocycles. The topological polar surface area (TPSA) is 18.5 Å². The van der Waals surface area contributed by atoms with Crippen molar-refractivity contribution >= 4 is 25.8 Å². The lowest BCUT2D eigenvalue weighted by Gasteiger charge is -2.32. The third-order valence-corrected chi connectivity index (χ3v) is 14.1. The molecule has 1 aliphatic heterocycles. The lowest BCUT2D eigenvalue weighted by molar-refractivity contribution is 0.00578. The Labute approximate surface area is 207 Å². The largest absolute Gasteiger partial charge is 0.494 e. The molecule has 0 saturated carbocycles. The minimum atomic E-state index is -1.33. The Morgan fingerprint density at radius 1 is 0.618 bits per heavy atom. The summed E-state index contributed by atoms with van der Waals surface area (Å²) < 4.78 is 12.5. The van der Waals surface area contributed by atoms with Crippen LogP contribution in [0.3, 0.4) is 0 Å². The van der Waals surface area contributed by atoms with Gasteiger partial charge in [-0.05, 0) is 55.4 Å². The quantitative estimate of drug-likeness (QED) is 0.345. The first kappa shape index (κ1) is 25.0. The zero-order valence-electron chi connectivity index (χ0n) is 21.9. The van der Waals surface area contributed by atoms with Crippen molar-refractivity contribution in [3.05, 3.63) is 72.8 Å². The fraction of sp³-hybridized carbons (Fsp3) is 0.400. The lowest BCUT2D eigenvalue weighted by Crippen LogP contribution is -2.45. The fourth-order valence-electron chi connectivity index (χ4n) is 5.08. The minimum Gasteiger partial charge on any atom is -0.399 e. The minimum absolute atomic E-state index is 0.335. The van der Waals surface area contributed by atoms with E-state index in [0.29, 0.717) is 0 Å². The van der Waals surface area contributed by atoms with Gasteiger partial charge in [0.1, 0.15) is 0 Å². The van der Waals surface area contributed by atoms with Crippen LogP contribution in [0.15, 0.2) is 72.8 Å². The molecule has 0 aromatic heterocycles. The number of rotatable bonds is 7. The van der Waals surface area contributed by atoms with Crippen molar-refractivity contribution in [3.63, 3.8) is 0 Å². The predicted octanol–water partition coefficient (Wildman–Crippen LogP) is 7.04. The third-order valence-electron chi connectivity index (χ3n) is 8.49. The van der Waals surface area contributed by atoms with Gasteiger partial charge in [0.15, 0.2) is 0 Å². The molecule has 0 N–H and O–H groups in total. The molecular formula is C30H39BO2Si. The summed E-state index contributed by atoms with van der Waals surface area (Å²) >= 11 is 0. The van der Waals surface area contributed by atoms with Gasteiger partial charge in [-0.2, -0.15) is 0 Å². The molecule has 0 amide bonds. The molecule has 1 aliphatic rings. The molecule has 34 heavy (non-hydrogen) atoms. The summed E-state index contributed by atoms with van der Waals surface area (Å²) in [6.07, 6.45) is 0. The molecule has 1 fully saturated rings. The molecule has 4 rings (SSSR count). The van der Waals surface area contributed by atoms with E-state index < -0.39 is 8.07 Å². The Balaban J connectivity index is 1.54. The maximum atomic E-state index is 6.26. The molecular weight excluding hydrogens is 431 g/mol. The summed E-state index contributed by atoms with van der Waals surface area (Å²) in [7, 11) is -1.67. The van der Waals surface area contributed by atoms with Crippen LogP contribution in [0.1, 0.15) is 48.5 Å². The van der Waals surface area contributed by atoms with Crippen LogP contribution in [0.2, 0.25) is 18.1 Å². The highest BCUT2D eigenvalue weighted by molar-refractivity contribution is 6.91. The van der Waals surface area contributed by atoms with E-state index in [0.717, 1.165) is 5.46 Å². The van der Waals surface area contributed by atoms with Crippen LogP contribution in [0, 0.1) is 0 Å². The molecule has 4 heteroatoms. The van der Waals surface area contributed by atoms with Crippen molar-refractivity contribution < 1.29 is 9.31 Å². The van der Waals surface area contributed by atoms with Gasteiger partial charge in [-0.1, -0.05) is 117 Å². The third kappa shape index (κ3) is 4.56. The monoisotopic (exact) mass is 470 g/mol. The van der Waals surface area contributed by atoms with Gasteiger partial charge in [-0.15, -0.1) is 0 Å². The van der Waals surface area contributed by atoms with E-state index in [1.165, 1.54) is 40.4 Å². The molecule has 0 bridgehead atoms. The van der Waals surface area contributed by atoms with Crippen molar-refractivity contribution in [3.8, 4) is 22.3 Å². The van der Waals surface area contributed by atoms with Crippen molar-refractivity contribution in [2.24, 2.45) is 0 Å². The van der Waals surface area contributed by atoms with Crippen molar-refractivity contribution in [2.75, 3.05) is 0 Å². The molecule has 178 valence electrons. The molecule has 1 heterocycles. The number of benzene rings is 3. The zero-order chi connectivity index (χ0) is 24.6. The van der Waals surface area contributed by atoms with E-state index in [1.807, 2.05) is 0 Å². The smallest absolute Gasteiger partial charge is 0.399 e. The number of hydrogen-bond acceptors (Lipinski definition) is 2. The molecule has 3 aromatic carbocycles. The van der Waals surface area contributed by atoms with Crippen LogP contribution in [0.25, 0.3) is 22.3 Å². The van der Waals surface area contributed by atoms with Gasteiger partial charge >= 0.3 is 7.12 Å². The first-order valence-corrected chi connectivity index (χ1v) is 15.4. The van der Waals surface area contributed by atoms with Crippen LogP contribution in [0.4, 0.5) is 0 Å². The lowest BCUT2D eigenvalue weighted by atomic mass is 9.78. The normalized spacial score (nSPS) is 17.2. The molecule has 0 atom stereocenters. The van der Waals surface area contributed by atoms with Crippen molar-refractivity contribution in [1.82, 2.24) is 0 Å². The van der Waals surface area contributed by atoms with Gasteiger partial charge in [-0.25, -0.2) is 0 Å². The maximum absolute atomic E-state index is 6.26. The zero-order valence-corrected chi connectivity index (χ0v) is 22.9. The second-order valence-electron chi connectivity index (χ2n) is 10.7. The van der Waals surface area contributed by atoms with Gasteiger partial charge in [0.05, 0.1) is 19.3 Å². The summed E-state index contributed by atoms with van der Waals surface area (Å²) in [5, 5.41) is 1.60. The van der Waals surface area contributed by atoms with E-state index in [1.54, 1.807) is 5.19 Å². The highest BCUT2D eigenvalue weighted by Crippen LogP contribution is 2.36. The first-order valence-electron chi connectivity index (χ1n) is 12.8. The summed E-state index contributed by atoms with van der Waals surface area (Å²) in [5.74, 6) is 0. The van der Waals surface area contributed by atoms with Gasteiger partial charge in [-0.3, -0.25) is 0 Å². The maximum Gasteiger partial charge on any atom is 0.494 e. The van der Waals surface area contributed by atoms with E-state index in [-0.39, 0.29) is 18.3 Å². The molecule has 0 spiro atoms. The summed E-state index contributed by atoms with van der Waals surface area (Å²) in [6, 6.07) is 30.8. The SMILES string of the molecule is CC[Si](CC)(CC)c1ccc(-c2ccc(-c3cccc(B4OC(C)(C)C(C)(C)O4)c3)cc2)cc1. The van der Waals surface area contributed by atoms with Crippen LogP contribution >= 0.6 is 0 Å². The second-order valence-corrected chi connectivity index (χ2v) is 16.0. The Morgan fingerprint density at radius 2 is 1.06 bits per heavy atom. The standard InChI is InChI=1S/C30H39BO2Si/c1-8-34(9-2,10-3)28-20-18-24(19-21-28)23-14-16-25(17-15-23)26-12-11-13-27(22-26)31-32-29(4,5)30(6,7)33-31/h11-22H,8-10H2,1-7H3. The van der Waals surface area contributed by atoms with Crippen LogP contribution in [-0.2, 0) is 9.31 Å². The molecule has 0 unspecified atom stereocenters. The van der Waals surface area contributed by atoms with Crippen molar-refractivity contribution in [2.45, 2.75) is 77.8 Å². The van der Waals surface area contributed by atoms with Gasteiger partial charge in [0, 0.05) is 0 Å².